The number of benzene rings is 1. The third-order valence-corrected chi connectivity index (χ3v) is 5.34. The number of piperidine rings is 1. The zero-order valence-corrected chi connectivity index (χ0v) is 15.3. The summed E-state index contributed by atoms with van der Waals surface area (Å²) in [6, 6.07) is 11.5. The minimum atomic E-state index is -0.499. The number of likely N-dealkylation sites (tertiary alicyclic amines) is 1. The summed E-state index contributed by atoms with van der Waals surface area (Å²) in [5.41, 5.74) is 0.913. The molecule has 0 bridgehead atoms. The molecule has 130 valence electrons. The highest BCUT2D eigenvalue weighted by Gasteiger charge is 2.35. The standard InChI is InChI=1S/C21H35NO/c1-4-10-20-19(16-21(3,23)14-5-2)13-9-15-22(20)17-18-11-7-6-8-12-18/h6-8,11-12,19-20,23H,4-5,9-10,13-17H2,1-3H3/t19-,20+,21?/m0/s1. The van der Waals surface area contributed by atoms with Gasteiger partial charge in [-0.15, -0.1) is 0 Å². The van der Waals surface area contributed by atoms with E-state index in [0.717, 1.165) is 25.8 Å². The van der Waals surface area contributed by atoms with Gasteiger partial charge in [0.25, 0.3) is 0 Å². The maximum atomic E-state index is 10.7. The molecule has 1 saturated heterocycles. The summed E-state index contributed by atoms with van der Waals surface area (Å²) in [5, 5.41) is 10.7. The first-order chi connectivity index (χ1) is 11.1. The van der Waals surface area contributed by atoms with Gasteiger partial charge in [0.15, 0.2) is 0 Å². The summed E-state index contributed by atoms with van der Waals surface area (Å²) in [4.78, 5) is 2.68. The van der Waals surface area contributed by atoms with Crippen molar-refractivity contribution >= 4 is 0 Å². The fraction of sp³-hybridized carbons (Fsp3) is 0.714. The lowest BCUT2D eigenvalue weighted by molar-refractivity contribution is -0.0130. The summed E-state index contributed by atoms with van der Waals surface area (Å²) in [6.45, 7) is 8.75. The minimum absolute atomic E-state index is 0.499. The number of nitrogens with zero attached hydrogens (tertiary/aromatic N) is 1. The Morgan fingerprint density at radius 2 is 1.91 bits per heavy atom. The van der Waals surface area contributed by atoms with Gasteiger partial charge in [-0.25, -0.2) is 0 Å². The van der Waals surface area contributed by atoms with Gasteiger partial charge in [0.2, 0.25) is 0 Å². The molecule has 1 aromatic carbocycles. The summed E-state index contributed by atoms with van der Waals surface area (Å²) >= 11 is 0. The van der Waals surface area contributed by atoms with E-state index < -0.39 is 5.60 Å². The monoisotopic (exact) mass is 317 g/mol. The molecule has 1 aliphatic rings. The lowest BCUT2D eigenvalue weighted by atomic mass is 9.78. The first-order valence-corrected chi connectivity index (χ1v) is 9.56. The van der Waals surface area contributed by atoms with Crippen molar-refractivity contribution in [3.8, 4) is 0 Å². The molecule has 0 spiro atoms. The Kier molecular flexibility index (Phi) is 7.10. The molecule has 1 fully saturated rings. The summed E-state index contributed by atoms with van der Waals surface area (Å²) in [5.74, 6) is 0.633. The lowest BCUT2D eigenvalue weighted by Gasteiger charge is -2.44. The van der Waals surface area contributed by atoms with Crippen molar-refractivity contribution in [3.05, 3.63) is 35.9 Å². The van der Waals surface area contributed by atoms with Gasteiger partial charge in [-0.05, 0) is 57.1 Å². The van der Waals surface area contributed by atoms with Crippen molar-refractivity contribution in [3.63, 3.8) is 0 Å². The Bertz CT molecular complexity index is 442. The van der Waals surface area contributed by atoms with Crippen molar-refractivity contribution in [1.82, 2.24) is 4.90 Å². The molecule has 1 heterocycles. The number of aliphatic hydroxyl groups is 1. The molecule has 0 amide bonds. The van der Waals surface area contributed by atoms with Crippen LogP contribution in [0.2, 0.25) is 0 Å². The highest BCUT2D eigenvalue weighted by Crippen LogP contribution is 2.35. The molecule has 2 rings (SSSR count). The van der Waals surface area contributed by atoms with Crippen LogP contribution in [0.15, 0.2) is 30.3 Å². The quantitative estimate of drug-likeness (QED) is 0.728. The molecule has 2 nitrogen and oxygen atoms in total. The molecule has 23 heavy (non-hydrogen) atoms. The van der Waals surface area contributed by atoms with Crippen LogP contribution in [0.3, 0.4) is 0 Å². The van der Waals surface area contributed by atoms with Crippen LogP contribution < -0.4 is 0 Å². The van der Waals surface area contributed by atoms with E-state index in [1.54, 1.807) is 0 Å². The lowest BCUT2D eigenvalue weighted by Crippen LogP contribution is -2.47. The third-order valence-electron chi connectivity index (χ3n) is 5.34. The smallest absolute Gasteiger partial charge is 0.0622 e. The minimum Gasteiger partial charge on any atom is -0.390 e. The van der Waals surface area contributed by atoms with Gasteiger partial charge < -0.3 is 5.11 Å². The van der Waals surface area contributed by atoms with Crippen LogP contribution in [0.25, 0.3) is 0 Å². The Hall–Kier alpha value is -0.860. The van der Waals surface area contributed by atoms with Gasteiger partial charge in [0, 0.05) is 12.6 Å². The van der Waals surface area contributed by atoms with Gasteiger partial charge in [-0.2, -0.15) is 0 Å². The summed E-state index contributed by atoms with van der Waals surface area (Å²) in [6.07, 6.45) is 7.95. The molecule has 3 atom stereocenters. The predicted molar refractivity (Wildman–Crippen MR) is 98.4 cm³/mol. The van der Waals surface area contributed by atoms with E-state index in [2.05, 4.69) is 49.1 Å². The number of hydrogen-bond acceptors (Lipinski definition) is 2. The van der Waals surface area contributed by atoms with E-state index in [-0.39, 0.29) is 0 Å². The zero-order valence-electron chi connectivity index (χ0n) is 15.3. The van der Waals surface area contributed by atoms with Crippen LogP contribution in [0.5, 0.6) is 0 Å². The fourth-order valence-corrected chi connectivity index (χ4v) is 4.38. The largest absolute Gasteiger partial charge is 0.390 e. The molecular formula is C21H35NO. The Balaban J connectivity index is 2.06. The summed E-state index contributed by atoms with van der Waals surface area (Å²) < 4.78 is 0. The molecule has 1 N–H and O–H groups in total. The highest BCUT2D eigenvalue weighted by molar-refractivity contribution is 5.14. The Morgan fingerprint density at radius 3 is 2.57 bits per heavy atom. The average Bonchev–Trinajstić information content (AvgIpc) is 2.51. The molecule has 0 radical (unpaired) electrons. The first-order valence-electron chi connectivity index (χ1n) is 9.56. The SMILES string of the molecule is CCC[C@@H]1[C@H](CC(C)(O)CCC)CCCN1Cc1ccccc1. The first kappa shape index (κ1) is 18.5. The second-order valence-corrected chi connectivity index (χ2v) is 7.67. The van der Waals surface area contributed by atoms with E-state index in [0.29, 0.717) is 12.0 Å². The fourth-order valence-electron chi connectivity index (χ4n) is 4.38. The molecule has 1 aromatic rings. The van der Waals surface area contributed by atoms with Gasteiger partial charge >= 0.3 is 0 Å². The van der Waals surface area contributed by atoms with Crippen molar-refractivity contribution in [1.29, 1.82) is 0 Å². The Labute approximate surface area is 142 Å². The molecule has 0 aromatic heterocycles. The van der Waals surface area contributed by atoms with Crippen LogP contribution in [0.1, 0.15) is 71.3 Å². The number of hydrogen-bond donors (Lipinski definition) is 1. The normalized spacial score (nSPS) is 25.2. The van der Waals surface area contributed by atoms with Gasteiger partial charge in [-0.1, -0.05) is 57.0 Å². The van der Waals surface area contributed by atoms with Crippen LogP contribution >= 0.6 is 0 Å². The maximum absolute atomic E-state index is 10.7. The van der Waals surface area contributed by atoms with E-state index in [9.17, 15) is 5.11 Å². The van der Waals surface area contributed by atoms with Crippen LogP contribution in [-0.4, -0.2) is 28.2 Å². The van der Waals surface area contributed by atoms with E-state index >= 15 is 0 Å². The third kappa shape index (κ3) is 5.61. The topological polar surface area (TPSA) is 23.5 Å². The zero-order chi connectivity index (χ0) is 16.7. The van der Waals surface area contributed by atoms with E-state index in [1.165, 1.54) is 37.8 Å². The van der Waals surface area contributed by atoms with E-state index in [1.807, 2.05) is 6.92 Å². The second-order valence-electron chi connectivity index (χ2n) is 7.67. The highest BCUT2D eigenvalue weighted by atomic mass is 16.3. The van der Waals surface area contributed by atoms with Gasteiger partial charge in [0.1, 0.15) is 0 Å². The average molecular weight is 318 g/mol. The van der Waals surface area contributed by atoms with E-state index in [4.69, 9.17) is 0 Å². The molecular weight excluding hydrogens is 282 g/mol. The molecule has 0 saturated carbocycles. The molecule has 2 heteroatoms. The summed E-state index contributed by atoms with van der Waals surface area (Å²) in [7, 11) is 0. The van der Waals surface area contributed by atoms with Crippen molar-refractivity contribution in [2.24, 2.45) is 5.92 Å². The number of rotatable bonds is 8. The van der Waals surface area contributed by atoms with Gasteiger partial charge in [-0.3, -0.25) is 4.90 Å². The Morgan fingerprint density at radius 1 is 1.17 bits per heavy atom. The maximum Gasteiger partial charge on any atom is 0.0622 e. The van der Waals surface area contributed by atoms with Crippen LogP contribution in [-0.2, 0) is 6.54 Å². The molecule has 0 aliphatic carbocycles. The van der Waals surface area contributed by atoms with Crippen LogP contribution in [0.4, 0.5) is 0 Å². The van der Waals surface area contributed by atoms with Crippen molar-refractivity contribution in [2.45, 2.75) is 83.9 Å². The second kappa shape index (κ2) is 8.84. The van der Waals surface area contributed by atoms with Gasteiger partial charge in [0.05, 0.1) is 5.60 Å². The van der Waals surface area contributed by atoms with Crippen LogP contribution in [0, 0.1) is 5.92 Å². The molecule has 1 aliphatic heterocycles. The molecule has 1 unspecified atom stereocenters. The van der Waals surface area contributed by atoms with Crippen molar-refractivity contribution < 1.29 is 5.11 Å². The predicted octanol–water partition coefficient (Wildman–Crippen LogP) is 5.01. The van der Waals surface area contributed by atoms with Crippen molar-refractivity contribution in [2.75, 3.05) is 6.54 Å².